The van der Waals surface area contributed by atoms with E-state index in [1.54, 1.807) is 0 Å². The lowest BCUT2D eigenvalue weighted by Crippen LogP contribution is -2.00. The lowest BCUT2D eigenvalue weighted by atomic mass is 9.90. The molecule has 0 spiro atoms. The third-order valence-corrected chi connectivity index (χ3v) is 4.23. The molecular formula is C15H15S. The Morgan fingerprint density at radius 1 is 1.12 bits per heavy atom. The van der Waals surface area contributed by atoms with Crippen molar-refractivity contribution in [3.05, 3.63) is 52.8 Å². The van der Waals surface area contributed by atoms with Crippen LogP contribution in [0.2, 0.25) is 0 Å². The lowest BCUT2D eigenvalue weighted by molar-refractivity contribution is 0.775. The number of thiophene rings is 1. The van der Waals surface area contributed by atoms with Gasteiger partial charge >= 0.3 is 0 Å². The van der Waals surface area contributed by atoms with Crippen molar-refractivity contribution in [2.24, 2.45) is 0 Å². The fourth-order valence-electron chi connectivity index (χ4n) is 2.31. The molecule has 81 valence electrons. The fourth-order valence-corrected chi connectivity index (χ4v) is 3.17. The van der Waals surface area contributed by atoms with Gasteiger partial charge in [-0.15, -0.1) is 11.3 Å². The largest absolute Gasteiger partial charge is 0.141 e. The first kappa shape index (κ1) is 10.1. The van der Waals surface area contributed by atoms with Gasteiger partial charge in [0.15, 0.2) is 0 Å². The molecule has 0 bridgehead atoms. The van der Waals surface area contributed by atoms with Gasteiger partial charge in [-0.25, -0.2) is 0 Å². The van der Waals surface area contributed by atoms with Crippen LogP contribution in [0, 0.1) is 13.3 Å². The van der Waals surface area contributed by atoms with E-state index in [1.807, 2.05) is 11.3 Å². The molecule has 3 rings (SSSR count). The molecule has 0 unspecified atom stereocenters. The minimum atomic E-state index is 1.24. The molecule has 16 heavy (non-hydrogen) atoms. The molecular weight excluding hydrogens is 212 g/mol. The minimum Gasteiger partial charge on any atom is -0.141 e. The molecule has 0 nitrogen and oxygen atoms in total. The van der Waals surface area contributed by atoms with Gasteiger partial charge < -0.3 is 0 Å². The standard InChI is InChI=1S/C15H15S/c1-11-6-9-15(16-11)14-8-7-12-4-2-3-5-13(12)10-14/h5-10H,2-4H2,1H3. The summed E-state index contributed by atoms with van der Waals surface area (Å²) in [7, 11) is 0. The average Bonchev–Trinajstić information content (AvgIpc) is 2.75. The third-order valence-electron chi connectivity index (χ3n) is 3.19. The number of rotatable bonds is 1. The zero-order valence-corrected chi connectivity index (χ0v) is 10.3. The monoisotopic (exact) mass is 227 g/mol. The molecule has 0 saturated heterocycles. The quantitative estimate of drug-likeness (QED) is 0.667. The van der Waals surface area contributed by atoms with E-state index in [-0.39, 0.29) is 0 Å². The van der Waals surface area contributed by atoms with Crippen molar-refractivity contribution in [1.29, 1.82) is 0 Å². The highest BCUT2D eigenvalue weighted by atomic mass is 32.1. The third kappa shape index (κ3) is 1.80. The van der Waals surface area contributed by atoms with E-state index < -0.39 is 0 Å². The molecule has 1 radical (unpaired) electrons. The van der Waals surface area contributed by atoms with Crippen molar-refractivity contribution >= 4 is 11.3 Å². The van der Waals surface area contributed by atoms with Crippen LogP contribution in [-0.2, 0) is 6.42 Å². The summed E-state index contributed by atoms with van der Waals surface area (Å²) in [5.41, 5.74) is 4.34. The highest BCUT2D eigenvalue weighted by molar-refractivity contribution is 7.15. The number of benzene rings is 1. The molecule has 0 N–H and O–H groups in total. The minimum absolute atomic E-state index is 1.24. The molecule has 1 heteroatoms. The predicted octanol–water partition coefficient (Wildman–Crippen LogP) is 4.61. The smallest absolute Gasteiger partial charge is 0.0345 e. The molecule has 0 aliphatic heterocycles. The van der Waals surface area contributed by atoms with Crippen molar-refractivity contribution in [3.8, 4) is 10.4 Å². The van der Waals surface area contributed by atoms with E-state index in [0.717, 1.165) is 0 Å². The number of aryl methyl sites for hydroxylation is 2. The summed E-state index contributed by atoms with van der Waals surface area (Å²) in [6.07, 6.45) is 6.17. The second-order valence-corrected chi connectivity index (χ2v) is 5.71. The number of fused-ring (bicyclic) bond motifs is 1. The van der Waals surface area contributed by atoms with E-state index in [4.69, 9.17) is 0 Å². The van der Waals surface area contributed by atoms with Gasteiger partial charge in [0.25, 0.3) is 0 Å². The van der Waals surface area contributed by atoms with E-state index in [9.17, 15) is 0 Å². The summed E-state index contributed by atoms with van der Waals surface area (Å²) in [5, 5.41) is 0. The Morgan fingerprint density at radius 3 is 2.88 bits per heavy atom. The van der Waals surface area contributed by atoms with Crippen molar-refractivity contribution in [2.45, 2.75) is 26.2 Å². The van der Waals surface area contributed by atoms with Gasteiger partial charge in [0, 0.05) is 9.75 Å². The number of hydrogen-bond donors (Lipinski definition) is 0. The maximum Gasteiger partial charge on any atom is 0.0345 e. The van der Waals surface area contributed by atoms with Crippen LogP contribution in [0.3, 0.4) is 0 Å². The van der Waals surface area contributed by atoms with Gasteiger partial charge in [-0.1, -0.05) is 12.1 Å². The molecule has 2 aromatic rings. The zero-order chi connectivity index (χ0) is 11.0. The van der Waals surface area contributed by atoms with Gasteiger partial charge in [-0.2, -0.15) is 0 Å². The number of hydrogen-bond acceptors (Lipinski definition) is 1. The highest BCUT2D eigenvalue weighted by Crippen LogP contribution is 2.31. The molecule has 0 atom stereocenters. The van der Waals surface area contributed by atoms with Gasteiger partial charge in [0.1, 0.15) is 0 Å². The van der Waals surface area contributed by atoms with Crippen LogP contribution in [0.15, 0.2) is 30.3 Å². The van der Waals surface area contributed by atoms with Crippen LogP contribution in [-0.4, -0.2) is 0 Å². The molecule has 1 aromatic heterocycles. The first-order chi connectivity index (χ1) is 7.83. The first-order valence-electron chi connectivity index (χ1n) is 5.86. The Labute approximate surface area is 101 Å². The normalized spacial score (nSPS) is 14.8. The Bertz CT molecular complexity index is 508. The summed E-state index contributed by atoms with van der Waals surface area (Å²) in [6, 6.07) is 11.3. The van der Waals surface area contributed by atoms with Crippen molar-refractivity contribution < 1.29 is 0 Å². The van der Waals surface area contributed by atoms with E-state index in [0.29, 0.717) is 0 Å². The van der Waals surface area contributed by atoms with Crippen LogP contribution in [0.5, 0.6) is 0 Å². The summed E-state index contributed by atoms with van der Waals surface area (Å²) < 4.78 is 0. The Kier molecular flexibility index (Phi) is 2.56. The fraction of sp³-hybridized carbons (Fsp3) is 0.267. The van der Waals surface area contributed by atoms with E-state index >= 15 is 0 Å². The van der Waals surface area contributed by atoms with Crippen LogP contribution >= 0.6 is 11.3 Å². The van der Waals surface area contributed by atoms with Crippen LogP contribution < -0.4 is 0 Å². The van der Waals surface area contributed by atoms with Crippen LogP contribution in [0.1, 0.15) is 28.8 Å². The van der Waals surface area contributed by atoms with Gasteiger partial charge in [0.2, 0.25) is 0 Å². The molecule has 1 aliphatic carbocycles. The summed E-state index contributed by atoms with van der Waals surface area (Å²) in [5.74, 6) is 0. The van der Waals surface area contributed by atoms with Crippen LogP contribution in [0.25, 0.3) is 10.4 Å². The maximum atomic E-state index is 2.38. The van der Waals surface area contributed by atoms with Gasteiger partial charge in [0.05, 0.1) is 0 Å². The molecule has 0 fully saturated rings. The SMILES string of the molecule is Cc1ccc(-c2ccc3c(c2)[CH]CCC3)s1. The maximum absolute atomic E-state index is 2.38. The average molecular weight is 227 g/mol. The van der Waals surface area contributed by atoms with E-state index in [1.165, 1.54) is 45.7 Å². The highest BCUT2D eigenvalue weighted by Gasteiger charge is 2.10. The van der Waals surface area contributed by atoms with Crippen molar-refractivity contribution in [3.63, 3.8) is 0 Å². The van der Waals surface area contributed by atoms with Gasteiger partial charge in [-0.3, -0.25) is 0 Å². The Hall–Kier alpha value is -1.08. The van der Waals surface area contributed by atoms with Crippen LogP contribution in [0.4, 0.5) is 0 Å². The van der Waals surface area contributed by atoms with E-state index in [2.05, 4.69) is 43.7 Å². The lowest BCUT2D eigenvalue weighted by Gasteiger charge is -2.15. The molecule has 0 saturated carbocycles. The zero-order valence-electron chi connectivity index (χ0n) is 9.49. The van der Waals surface area contributed by atoms with Gasteiger partial charge in [-0.05, 0) is 67.5 Å². The summed E-state index contributed by atoms with van der Waals surface area (Å²) >= 11 is 1.88. The Morgan fingerprint density at radius 2 is 2.06 bits per heavy atom. The van der Waals surface area contributed by atoms with Crippen molar-refractivity contribution in [1.82, 2.24) is 0 Å². The predicted molar refractivity (Wildman–Crippen MR) is 70.8 cm³/mol. The summed E-state index contributed by atoms with van der Waals surface area (Å²) in [6.45, 7) is 2.17. The Balaban J connectivity index is 2.02. The first-order valence-corrected chi connectivity index (χ1v) is 6.67. The molecule has 1 aliphatic rings. The molecule has 1 heterocycles. The topological polar surface area (TPSA) is 0 Å². The second-order valence-electron chi connectivity index (χ2n) is 4.42. The molecule has 1 aromatic carbocycles. The summed E-state index contributed by atoms with van der Waals surface area (Å²) in [4.78, 5) is 2.77. The van der Waals surface area contributed by atoms with Crippen molar-refractivity contribution in [2.75, 3.05) is 0 Å². The molecule has 0 amide bonds. The second kappa shape index (κ2) is 4.06.